The number of likely N-dealkylation sites (tertiary alicyclic amines) is 1. The van der Waals surface area contributed by atoms with Crippen molar-refractivity contribution in [2.75, 3.05) is 25.0 Å². The van der Waals surface area contributed by atoms with Crippen LogP contribution in [0.25, 0.3) is 0 Å². The fourth-order valence-electron chi connectivity index (χ4n) is 2.19. The second kappa shape index (κ2) is 5.13. The number of nitrogens with zero attached hydrogens (tertiary/aromatic N) is 2. The van der Waals surface area contributed by atoms with Crippen molar-refractivity contribution in [1.29, 1.82) is 0 Å². The summed E-state index contributed by atoms with van der Waals surface area (Å²) in [5, 5.41) is 12.6. The molecule has 19 heavy (non-hydrogen) atoms. The van der Waals surface area contributed by atoms with Gasteiger partial charge in [0.25, 0.3) is 5.91 Å². The lowest BCUT2D eigenvalue weighted by Crippen LogP contribution is -2.34. The van der Waals surface area contributed by atoms with Crippen LogP contribution in [0.2, 0.25) is 0 Å². The number of halogens is 1. The monoisotopic (exact) mass is 267 g/mol. The highest BCUT2D eigenvalue weighted by Crippen LogP contribution is 2.24. The summed E-state index contributed by atoms with van der Waals surface area (Å²) in [6, 6.07) is 1.37. The van der Waals surface area contributed by atoms with Crippen LogP contribution in [-0.4, -0.2) is 46.1 Å². The van der Waals surface area contributed by atoms with Crippen molar-refractivity contribution in [3.8, 4) is 0 Å². The Balaban J connectivity index is 2.22. The number of carbonyl (C=O) groups excluding carboxylic acids is 1. The van der Waals surface area contributed by atoms with E-state index in [1.807, 2.05) is 6.92 Å². The van der Waals surface area contributed by atoms with E-state index in [1.54, 1.807) is 6.92 Å². The van der Waals surface area contributed by atoms with Crippen LogP contribution < -0.4 is 5.32 Å². The zero-order chi connectivity index (χ0) is 14.0. The van der Waals surface area contributed by atoms with Crippen molar-refractivity contribution in [1.82, 2.24) is 9.88 Å². The molecule has 104 valence electrons. The van der Waals surface area contributed by atoms with E-state index < -0.39 is 17.3 Å². The summed E-state index contributed by atoms with van der Waals surface area (Å²) in [4.78, 5) is 17.6. The molecule has 1 aliphatic rings. The second-order valence-corrected chi connectivity index (χ2v) is 5.03. The first-order valence-electron chi connectivity index (χ1n) is 6.34. The van der Waals surface area contributed by atoms with Crippen molar-refractivity contribution >= 4 is 11.7 Å². The van der Waals surface area contributed by atoms with Crippen LogP contribution in [0.4, 0.5) is 10.2 Å². The molecule has 1 fully saturated rings. The molecule has 0 saturated carbocycles. The standard InChI is InChI=1S/C13H18FN3O2/c1-3-15-11-10(14)9(4-6-16-11)12(18)17-7-5-13(2,19)8-17/h4,6,19H,3,5,7-8H2,1-2H3,(H,15,16). The molecule has 0 aromatic carbocycles. The van der Waals surface area contributed by atoms with Gasteiger partial charge < -0.3 is 15.3 Å². The Hall–Kier alpha value is -1.69. The average molecular weight is 267 g/mol. The first-order valence-corrected chi connectivity index (χ1v) is 6.34. The number of hydrogen-bond acceptors (Lipinski definition) is 4. The second-order valence-electron chi connectivity index (χ2n) is 5.03. The van der Waals surface area contributed by atoms with Crippen molar-refractivity contribution in [2.45, 2.75) is 25.9 Å². The van der Waals surface area contributed by atoms with E-state index in [4.69, 9.17) is 0 Å². The summed E-state index contributed by atoms with van der Waals surface area (Å²) in [7, 11) is 0. The van der Waals surface area contributed by atoms with E-state index in [2.05, 4.69) is 10.3 Å². The third kappa shape index (κ3) is 2.84. The first kappa shape index (κ1) is 13.7. The van der Waals surface area contributed by atoms with Crippen molar-refractivity contribution < 1.29 is 14.3 Å². The van der Waals surface area contributed by atoms with Gasteiger partial charge in [0.1, 0.15) is 0 Å². The van der Waals surface area contributed by atoms with Crippen LogP contribution in [-0.2, 0) is 0 Å². The zero-order valence-corrected chi connectivity index (χ0v) is 11.1. The van der Waals surface area contributed by atoms with E-state index in [9.17, 15) is 14.3 Å². The zero-order valence-electron chi connectivity index (χ0n) is 11.1. The van der Waals surface area contributed by atoms with Gasteiger partial charge in [0.2, 0.25) is 0 Å². The predicted molar refractivity (Wildman–Crippen MR) is 69.5 cm³/mol. The summed E-state index contributed by atoms with van der Waals surface area (Å²) in [6.45, 7) is 4.69. The molecular weight excluding hydrogens is 249 g/mol. The molecule has 0 bridgehead atoms. The molecule has 1 atom stereocenters. The van der Waals surface area contributed by atoms with Crippen LogP contribution in [0.3, 0.4) is 0 Å². The molecule has 0 aliphatic carbocycles. The molecule has 2 heterocycles. The van der Waals surface area contributed by atoms with Gasteiger partial charge >= 0.3 is 0 Å². The maximum atomic E-state index is 14.1. The number of amides is 1. The maximum absolute atomic E-state index is 14.1. The van der Waals surface area contributed by atoms with Gasteiger partial charge in [0, 0.05) is 25.8 Å². The van der Waals surface area contributed by atoms with Crippen LogP contribution in [0, 0.1) is 5.82 Å². The number of carbonyl (C=O) groups is 1. The van der Waals surface area contributed by atoms with Crippen LogP contribution >= 0.6 is 0 Å². The third-order valence-corrected chi connectivity index (χ3v) is 3.20. The van der Waals surface area contributed by atoms with Gasteiger partial charge in [0.15, 0.2) is 11.6 Å². The molecule has 6 heteroatoms. The molecule has 1 aromatic heterocycles. The topological polar surface area (TPSA) is 65.5 Å². The van der Waals surface area contributed by atoms with Gasteiger partial charge in [-0.05, 0) is 26.3 Å². The van der Waals surface area contributed by atoms with Gasteiger partial charge in [-0.15, -0.1) is 0 Å². The molecule has 0 radical (unpaired) electrons. The Morgan fingerprint density at radius 1 is 1.68 bits per heavy atom. The summed E-state index contributed by atoms with van der Waals surface area (Å²) in [5.41, 5.74) is -0.896. The van der Waals surface area contributed by atoms with Gasteiger partial charge in [-0.3, -0.25) is 4.79 Å². The van der Waals surface area contributed by atoms with E-state index in [0.717, 1.165) is 0 Å². The fraction of sp³-hybridized carbons (Fsp3) is 0.538. The molecular formula is C13H18FN3O2. The van der Waals surface area contributed by atoms with Gasteiger partial charge in [-0.25, -0.2) is 9.37 Å². The largest absolute Gasteiger partial charge is 0.388 e. The minimum atomic E-state index is -0.885. The summed E-state index contributed by atoms with van der Waals surface area (Å²) in [6.07, 6.45) is 1.91. The predicted octanol–water partition coefficient (Wildman–Crippen LogP) is 1.25. The molecule has 1 aromatic rings. The molecule has 1 aliphatic heterocycles. The van der Waals surface area contributed by atoms with E-state index in [0.29, 0.717) is 19.5 Å². The SMILES string of the molecule is CCNc1nccc(C(=O)N2CCC(C)(O)C2)c1F. The Labute approximate surface area is 111 Å². The lowest BCUT2D eigenvalue weighted by Gasteiger charge is -2.19. The van der Waals surface area contributed by atoms with Crippen LogP contribution in [0.15, 0.2) is 12.3 Å². The molecule has 1 saturated heterocycles. The Morgan fingerprint density at radius 3 is 3.00 bits per heavy atom. The van der Waals surface area contributed by atoms with E-state index in [-0.39, 0.29) is 17.9 Å². The lowest BCUT2D eigenvalue weighted by molar-refractivity contribution is 0.0569. The third-order valence-electron chi connectivity index (χ3n) is 3.20. The average Bonchev–Trinajstić information content (AvgIpc) is 2.72. The molecule has 2 rings (SSSR count). The first-order chi connectivity index (χ1) is 8.94. The highest BCUT2D eigenvalue weighted by molar-refractivity contribution is 5.95. The number of rotatable bonds is 3. The smallest absolute Gasteiger partial charge is 0.257 e. The van der Waals surface area contributed by atoms with E-state index in [1.165, 1.54) is 17.2 Å². The maximum Gasteiger partial charge on any atom is 0.257 e. The Bertz CT molecular complexity index is 491. The summed E-state index contributed by atoms with van der Waals surface area (Å²) >= 11 is 0. The minimum Gasteiger partial charge on any atom is -0.388 e. The molecule has 2 N–H and O–H groups in total. The van der Waals surface area contributed by atoms with E-state index >= 15 is 0 Å². The summed E-state index contributed by atoms with van der Waals surface area (Å²) in [5.74, 6) is -0.961. The molecule has 0 spiro atoms. The number of nitrogens with one attached hydrogen (secondary N) is 1. The van der Waals surface area contributed by atoms with Gasteiger partial charge in [0.05, 0.1) is 11.2 Å². The highest BCUT2D eigenvalue weighted by atomic mass is 19.1. The molecule has 1 unspecified atom stereocenters. The van der Waals surface area contributed by atoms with Crippen LogP contribution in [0.5, 0.6) is 0 Å². The van der Waals surface area contributed by atoms with Crippen molar-refractivity contribution in [3.05, 3.63) is 23.6 Å². The highest BCUT2D eigenvalue weighted by Gasteiger charge is 2.35. The van der Waals surface area contributed by atoms with Crippen molar-refractivity contribution in [3.63, 3.8) is 0 Å². The Kier molecular flexibility index (Phi) is 3.71. The Morgan fingerprint density at radius 2 is 2.42 bits per heavy atom. The normalized spacial score (nSPS) is 22.6. The fourth-order valence-corrected chi connectivity index (χ4v) is 2.19. The lowest BCUT2D eigenvalue weighted by atomic mass is 10.1. The molecule has 5 nitrogen and oxygen atoms in total. The minimum absolute atomic E-state index is 0.0105. The quantitative estimate of drug-likeness (QED) is 0.865. The van der Waals surface area contributed by atoms with Crippen molar-refractivity contribution in [2.24, 2.45) is 0 Å². The number of β-amino-alcohol motifs (C(OH)–C–C–N with tert-alkyl or cyclic N) is 1. The number of pyridine rings is 1. The number of aromatic nitrogens is 1. The molecule has 1 amide bonds. The number of anilines is 1. The van der Waals surface area contributed by atoms with Crippen LogP contribution in [0.1, 0.15) is 30.6 Å². The van der Waals surface area contributed by atoms with Gasteiger partial charge in [-0.1, -0.05) is 0 Å². The number of hydrogen-bond donors (Lipinski definition) is 2. The van der Waals surface area contributed by atoms with Gasteiger partial charge in [-0.2, -0.15) is 0 Å². The summed E-state index contributed by atoms with van der Waals surface area (Å²) < 4.78 is 14.1. The number of aliphatic hydroxyl groups is 1.